The molecule has 1 aliphatic carbocycles. The Hall–Kier alpha value is -2.48. The zero-order valence-corrected chi connectivity index (χ0v) is 11.8. The molecule has 1 aromatic carbocycles. The van der Waals surface area contributed by atoms with Gasteiger partial charge in [-0.1, -0.05) is 18.4 Å². The maximum Gasteiger partial charge on any atom is 0.319 e. The Kier molecular flexibility index (Phi) is 4.18. The van der Waals surface area contributed by atoms with Crippen molar-refractivity contribution in [2.24, 2.45) is 5.41 Å². The molecule has 0 bridgehead atoms. The predicted octanol–water partition coefficient (Wildman–Crippen LogP) is 2.43. The van der Waals surface area contributed by atoms with Gasteiger partial charge in [0.1, 0.15) is 0 Å². The molecule has 0 aliphatic heterocycles. The van der Waals surface area contributed by atoms with Crippen molar-refractivity contribution in [3.8, 4) is 12.3 Å². The first kappa shape index (κ1) is 14.9. The highest BCUT2D eigenvalue weighted by Crippen LogP contribution is 2.38. The minimum absolute atomic E-state index is 0.370. The zero-order valence-electron chi connectivity index (χ0n) is 11.8. The monoisotopic (exact) mass is 286 g/mol. The van der Waals surface area contributed by atoms with Crippen LogP contribution in [-0.4, -0.2) is 23.1 Å². The number of carboxylic acid groups (broad SMARTS) is 1. The second-order valence-electron chi connectivity index (χ2n) is 5.49. The average Bonchev–Trinajstić information content (AvgIpc) is 2.81. The molecule has 21 heavy (non-hydrogen) atoms. The van der Waals surface area contributed by atoms with Crippen LogP contribution in [0.3, 0.4) is 0 Å². The number of nitrogens with one attached hydrogen (secondary N) is 2. The maximum absolute atomic E-state index is 12.0. The fourth-order valence-corrected chi connectivity index (χ4v) is 2.67. The van der Waals surface area contributed by atoms with Gasteiger partial charge in [0, 0.05) is 17.3 Å². The normalized spacial score (nSPS) is 24.1. The first-order valence-corrected chi connectivity index (χ1v) is 6.83. The fourth-order valence-electron chi connectivity index (χ4n) is 2.67. The summed E-state index contributed by atoms with van der Waals surface area (Å²) in [5, 5.41) is 14.8. The molecule has 1 aliphatic rings. The van der Waals surface area contributed by atoms with Gasteiger partial charge in [-0.25, -0.2) is 4.79 Å². The first-order valence-electron chi connectivity index (χ1n) is 6.83. The molecule has 0 radical (unpaired) electrons. The molecule has 2 amide bonds. The van der Waals surface area contributed by atoms with Gasteiger partial charge < -0.3 is 15.7 Å². The lowest BCUT2D eigenvalue weighted by Crippen LogP contribution is -2.48. The first-order chi connectivity index (χ1) is 9.95. The average molecular weight is 286 g/mol. The second-order valence-corrected chi connectivity index (χ2v) is 5.49. The Morgan fingerprint density at radius 3 is 2.90 bits per heavy atom. The van der Waals surface area contributed by atoms with Crippen molar-refractivity contribution >= 4 is 17.7 Å². The van der Waals surface area contributed by atoms with Gasteiger partial charge in [-0.2, -0.15) is 0 Å². The number of amides is 2. The number of rotatable bonds is 3. The molecule has 2 atom stereocenters. The zero-order chi connectivity index (χ0) is 15.5. The van der Waals surface area contributed by atoms with E-state index < -0.39 is 17.4 Å². The Morgan fingerprint density at radius 2 is 2.24 bits per heavy atom. The van der Waals surface area contributed by atoms with Gasteiger partial charge in [-0.05, 0) is 38.0 Å². The van der Waals surface area contributed by atoms with Crippen LogP contribution < -0.4 is 10.6 Å². The summed E-state index contributed by atoms with van der Waals surface area (Å²) in [6.07, 6.45) is 7.34. The molecule has 0 saturated heterocycles. The van der Waals surface area contributed by atoms with E-state index in [1.165, 1.54) is 0 Å². The van der Waals surface area contributed by atoms with E-state index in [4.69, 9.17) is 6.42 Å². The van der Waals surface area contributed by atoms with Crippen LogP contribution in [0.2, 0.25) is 0 Å². The molecule has 2 unspecified atom stereocenters. The van der Waals surface area contributed by atoms with Crippen LogP contribution in [0.5, 0.6) is 0 Å². The number of carboxylic acids is 1. The summed E-state index contributed by atoms with van der Waals surface area (Å²) in [6, 6.07) is 6.15. The van der Waals surface area contributed by atoms with Gasteiger partial charge in [0.05, 0.1) is 5.41 Å². The number of aliphatic carboxylic acids is 1. The fraction of sp³-hybridized carbons (Fsp3) is 0.375. The molecule has 5 nitrogen and oxygen atoms in total. The smallest absolute Gasteiger partial charge is 0.319 e. The third-order valence-corrected chi connectivity index (χ3v) is 4.04. The molecular weight excluding hydrogens is 268 g/mol. The molecule has 1 fully saturated rings. The molecule has 110 valence electrons. The molecule has 0 spiro atoms. The van der Waals surface area contributed by atoms with E-state index in [0.29, 0.717) is 24.1 Å². The van der Waals surface area contributed by atoms with Crippen molar-refractivity contribution in [1.29, 1.82) is 0 Å². The van der Waals surface area contributed by atoms with E-state index in [-0.39, 0.29) is 6.04 Å². The minimum atomic E-state index is -0.905. The lowest BCUT2D eigenvalue weighted by Gasteiger charge is -2.27. The lowest BCUT2D eigenvalue weighted by atomic mass is 9.85. The number of carbonyl (C=O) groups excluding carboxylic acids is 1. The van der Waals surface area contributed by atoms with Gasteiger partial charge in [0.2, 0.25) is 0 Å². The van der Waals surface area contributed by atoms with Gasteiger partial charge in [0.25, 0.3) is 0 Å². The highest BCUT2D eigenvalue weighted by molar-refractivity contribution is 5.90. The van der Waals surface area contributed by atoms with Crippen molar-refractivity contribution in [2.45, 2.75) is 32.2 Å². The standard InChI is InChI=1S/C16H18N2O3/c1-3-11-6-4-7-12(10-11)17-15(21)18-13-8-5-9-16(13,2)14(19)20/h1,4,6-7,10,13H,5,8-9H2,2H3,(H,19,20)(H2,17,18,21). The third-order valence-electron chi connectivity index (χ3n) is 4.04. The van der Waals surface area contributed by atoms with Crippen LogP contribution in [0.15, 0.2) is 24.3 Å². The molecule has 0 heterocycles. The Labute approximate surface area is 123 Å². The molecule has 3 N–H and O–H groups in total. The van der Waals surface area contributed by atoms with Crippen molar-refractivity contribution < 1.29 is 14.7 Å². The number of anilines is 1. The Balaban J connectivity index is 2.02. The van der Waals surface area contributed by atoms with Crippen LogP contribution in [0.25, 0.3) is 0 Å². The molecular formula is C16H18N2O3. The number of hydrogen-bond donors (Lipinski definition) is 3. The predicted molar refractivity (Wildman–Crippen MR) is 79.9 cm³/mol. The number of terminal acetylenes is 1. The molecule has 1 aromatic rings. The third kappa shape index (κ3) is 3.16. The number of carbonyl (C=O) groups is 2. The molecule has 5 heteroatoms. The quantitative estimate of drug-likeness (QED) is 0.747. The maximum atomic E-state index is 12.0. The highest BCUT2D eigenvalue weighted by atomic mass is 16.4. The van der Waals surface area contributed by atoms with Crippen molar-refractivity contribution in [3.05, 3.63) is 29.8 Å². The summed E-state index contributed by atoms with van der Waals surface area (Å²) < 4.78 is 0. The SMILES string of the molecule is C#Cc1cccc(NC(=O)NC2CCCC2(C)C(=O)O)c1. The number of urea groups is 1. The van der Waals surface area contributed by atoms with Crippen LogP contribution in [0.4, 0.5) is 10.5 Å². The van der Waals surface area contributed by atoms with E-state index in [9.17, 15) is 14.7 Å². The van der Waals surface area contributed by atoms with E-state index in [2.05, 4.69) is 16.6 Å². The number of hydrogen-bond acceptors (Lipinski definition) is 2. The Bertz CT molecular complexity index is 606. The topological polar surface area (TPSA) is 78.4 Å². The van der Waals surface area contributed by atoms with E-state index in [1.54, 1.807) is 31.2 Å². The molecule has 2 rings (SSSR count). The van der Waals surface area contributed by atoms with Crippen LogP contribution in [-0.2, 0) is 4.79 Å². The Morgan fingerprint density at radius 1 is 1.48 bits per heavy atom. The summed E-state index contributed by atoms with van der Waals surface area (Å²) >= 11 is 0. The van der Waals surface area contributed by atoms with Crippen molar-refractivity contribution in [3.63, 3.8) is 0 Å². The summed E-state index contributed by atoms with van der Waals surface area (Å²) in [4.78, 5) is 23.4. The minimum Gasteiger partial charge on any atom is -0.481 e. The summed E-state index contributed by atoms with van der Waals surface area (Å²) in [5.41, 5.74) is 0.347. The van der Waals surface area contributed by atoms with Crippen LogP contribution >= 0.6 is 0 Å². The van der Waals surface area contributed by atoms with Crippen LogP contribution in [0, 0.1) is 17.8 Å². The summed E-state index contributed by atoms with van der Waals surface area (Å²) in [6.45, 7) is 1.67. The van der Waals surface area contributed by atoms with E-state index in [0.717, 1.165) is 6.42 Å². The van der Waals surface area contributed by atoms with Gasteiger partial charge in [0.15, 0.2) is 0 Å². The van der Waals surface area contributed by atoms with Gasteiger partial charge in [-0.3, -0.25) is 4.79 Å². The van der Waals surface area contributed by atoms with Crippen molar-refractivity contribution in [2.75, 3.05) is 5.32 Å². The summed E-state index contributed by atoms with van der Waals surface area (Å²) in [5.74, 6) is 1.62. The molecule has 0 aromatic heterocycles. The van der Waals surface area contributed by atoms with E-state index >= 15 is 0 Å². The number of benzene rings is 1. The lowest BCUT2D eigenvalue weighted by molar-refractivity contribution is -0.148. The summed E-state index contributed by atoms with van der Waals surface area (Å²) in [7, 11) is 0. The highest BCUT2D eigenvalue weighted by Gasteiger charge is 2.45. The van der Waals surface area contributed by atoms with E-state index in [1.807, 2.05) is 0 Å². The molecule has 1 saturated carbocycles. The van der Waals surface area contributed by atoms with Gasteiger partial charge >= 0.3 is 12.0 Å². The van der Waals surface area contributed by atoms with Crippen LogP contribution in [0.1, 0.15) is 31.7 Å². The van der Waals surface area contributed by atoms with Crippen molar-refractivity contribution in [1.82, 2.24) is 5.32 Å². The van der Waals surface area contributed by atoms with Gasteiger partial charge in [-0.15, -0.1) is 6.42 Å². The largest absolute Gasteiger partial charge is 0.481 e. The second kappa shape index (κ2) is 5.88.